The van der Waals surface area contributed by atoms with E-state index in [1.165, 1.54) is 0 Å². The van der Waals surface area contributed by atoms with Gasteiger partial charge in [0, 0.05) is 24.0 Å². The smallest absolute Gasteiger partial charge is 0.163 e. The topological polar surface area (TPSA) is 83.6 Å². The van der Waals surface area contributed by atoms with Gasteiger partial charge < -0.3 is 0 Å². The van der Waals surface area contributed by atoms with Crippen LogP contribution in [-0.4, -0.2) is 11.6 Å². The van der Waals surface area contributed by atoms with Crippen LogP contribution >= 0.6 is 0 Å². The molecule has 0 radical (unpaired) electrons. The van der Waals surface area contributed by atoms with E-state index in [1.807, 2.05) is 48.5 Å². The first-order chi connectivity index (χ1) is 13.7. The second kappa shape index (κ2) is 8.33. The van der Waals surface area contributed by atoms with E-state index in [9.17, 15) is 9.59 Å². The van der Waals surface area contributed by atoms with Gasteiger partial charge in [0.2, 0.25) is 0 Å². The second-order valence-electron chi connectivity index (χ2n) is 7.20. The summed E-state index contributed by atoms with van der Waals surface area (Å²) in [6.45, 7) is 0. The van der Waals surface area contributed by atoms with Crippen molar-refractivity contribution in [2.75, 3.05) is 0 Å². The van der Waals surface area contributed by atoms with E-state index in [2.05, 4.69) is 20.5 Å². The van der Waals surface area contributed by atoms with Crippen molar-refractivity contribution in [1.82, 2.24) is 0 Å². The normalized spacial score (nSPS) is 18.9. The lowest BCUT2D eigenvalue weighted by atomic mass is 9.97. The zero-order chi connectivity index (χ0) is 19.3. The highest BCUT2D eigenvalue weighted by molar-refractivity contribution is 5.88. The molecule has 0 N–H and O–H groups in total. The lowest BCUT2D eigenvalue weighted by Gasteiger charge is -2.08. The van der Waals surface area contributed by atoms with Crippen LogP contribution in [0.4, 0.5) is 11.4 Å². The molecule has 0 saturated heterocycles. The van der Waals surface area contributed by atoms with Gasteiger partial charge in [0.15, 0.2) is 23.7 Å². The number of benzene rings is 2. The molecule has 6 heteroatoms. The third kappa shape index (κ3) is 3.81. The van der Waals surface area contributed by atoms with Gasteiger partial charge in [0.1, 0.15) is 0 Å². The molecule has 0 aliphatic carbocycles. The average Bonchev–Trinajstić information content (AvgIpc) is 3.34. The highest BCUT2D eigenvalue weighted by atomic mass is 16.1. The zero-order valence-corrected chi connectivity index (χ0v) is 15.6. The maximum absolute atomic E-state index is 12.4. The minimum atomic E-state index is -0.439. The Morgan fingerprint density at radius 1 is 0.643 bits per heavy atom. The molecule has 0 spiro atoms. The number of unbranched alkanes of at least 4 members (excludes halogenated alkanes) is 3. The molecule has 2 aromatic carbocycles. The molecule has 28 heavy (non-hydrogen) atoms. The Labute approximate surface area is 163 Å². The third-order valence-corrected chi connectivity index (χ3v) is 5.23. The number of hydrogen-bond acceptors (Lipinski definition) is 6. The molecule has 0 saturated carbocycles. The highest BCUT2D eigenvalue weighted by Crippen LogP contribution is 2.37. The van der Waals surface area contributed by atoms with Crippen LogP contribution in [0.15, 0.2) is 69.0 Å². The molecule has 2 unspecified atom stereocenters. The van der Waals surface area contributed by atoms with Gasteiger partial charge in [-0.1, -0.05) is 49.2 Å². The molecule has 6 nitrogen and oxygen atoms in total. The van der Waals surface area contributed by atoms with Gasteiger partial charge in [-0.3, -0.25) is 9.59 Å². The Hall–Kier alpha value is -3.02. The van der Waals surface area contributed by atoms with Crippen LogP contribution in [0.25, 0.3) is 0 Å². The van der Waals surface area contributed by atoms with Gasteiger partial charge >= 0.3 is 0 Å². The van der Waals surface area contributed by atoms with E-state index < -0.39 is 12.1 Å². The van der Waals surface area contributed by atoms with E-state index in [1.54, 1.807) is 0 Å². The SMILES string of the molecule is O=C(CCCCCCC(=O)C1N=Nc2ccccc21)C1N=Nc2ccccc21. The van der Waals surface area contributed by atoms with E-state index in [4.69, 9.17) is 0 Å². The van der Waals surface area contributed by atoms with E-state index in [0.717, 1.165) is 48.2 Å². The summed E-state index contributed by atoms with van der Waals surface area (Å²) in [5.41, 5.74) is 3.41. The number of ketones is 2. The number of carbonyl (C=O) groups excluding carboxylic acids is 2. The van der Waals surface area contributed by atoms with Crippen molar-refractivity contribution in [1.29, 1.82) is 0 Å². The van der Waals surface area contributed by atoms with Crippen molar-refractivity contribution in [2.24, 2.45) is 20.5 Å². The van der Waals surface area contributed by atoms with Gasteiger partial charge in [0.05, 0.1) is 11.4 Å². The van der Waals surface area contributed by atoms with Crippen molar-refractivity contribution in [3.63, 3.8) is 0 Å². The molecule has 4 rings (SSSR count). The first-order valence-electron chi connectivity index (χ1n) is 9.79. The molecule has 0 fully saturated rings. The molecule has 0 aromatic heterocycles. The Morgan fingerprint density at radius 2 is 1.07 bits per heavy atom. The molecule has 142 valence electrons. The first kappa shape index (κ1) is 18.3. The lowest BCUT2D eigenvalue weighted by molar-refractivity contribution is -0.121. The van der Waals surface area contributed by atoms with E-state index in [0.29, 0.717) is 12.8 Å². The first-order valence-corrected chi connectivity index (χ1v) is 9.79. The van der Waals surface area contributed by atoms with Crippen LogP contribution in [0.5, 0.6) is 0 Å². The fourth-order valence-corrected chi connectivity index (χ4v) is 3.69. The number of carbonyl (C=O) groups is 2. The number of rotatable bonds is 9. The van der Waals surface area contributed by atoms with Gasteiger partial charge in [-0.05, 0) is 25.0 Å². The molecular weight excluding hydrogens is 352 g/mol. The van der Waals surface area contributed by atoms with Crippen molar-refractivity contribution < 1.29 is 9.59 Å². The molecule has 2 atom stereocenters. The summed E-state index contributed by atoms with van der Waals surface area (Å²) in [7, 11) is 0. The summed E-state index contributed by atoms with van der Waals surface area (Å²) in [4.78, 5) is 24.8. The standard InChI is InChI=1S/C22H22N4O2/c27-19(21-15-9-5-7-11-17(15)23-25-21)13-3-1-2-4-14-20(28)22-16-10-6-8-12-18(16)24-26-22/h5-12,21-22H,1-4,13-14H2. The fraction of sp³-hybridized carbons (Fsp3) is 0.364. The minimum absolute atomic E-state index is 0.118. The van der Waals surface area contributed by atoms with Gasteiger partial charge in [-0.15, -0.1) is 0 Å². The largest absolute Gasteiger partial charge is 0.297 e. The van der Waals surface area contributed by atoms with E-state index in [-0.39, 0.29) is 11.6 Å². The second-order valence-corrected chi connectivity index (χ2v) is 7.20. The van der Waals surface area contributed by atoms with Crippen molar-refractivity contribution in [3.8, 4) is 0 Å². The van der Waals surface area contributed by atoms with E-state index >= 15 is 0 Å². The summed E-state index contributed by atoms with van der Waals surface area (Å²) in [6.07, 6.45) is 4.47. The number of nitrogens with zero attached hydrogens (tertiary/aromatic N) is 4. The molecule has 2 aliphatic heterocycles. The molecule has 2 heterocycles. The molecule has 2 aromatic rings. The quantitative estimate of drug-likeness (QED) is 0.494. The Kier molecular flexibility index (Phi) is 5.46. The van der Waals surface area contributed by atoms with Crippen LogP contribution in [0.3, 0.4) is 0 Å². The lowest BCUT2D eigenvalue weighted by Crippen LogP contribution is -2.09. The maximum Gasteiger partial charge on any atom is 0.163 e. The average molecular weight is 374 g/mol. The maximum atomic E-state index is 12.4. The van der Waals surface area contributed by atoms with Crippen molar-refractivity contribution in [3.05, 3.63) is 59.7 Å². The summed E-state index contributed by atoms with van der Waals surface area (Å²) in [6, 6.07) is 14.3. The fourth-order valence-electron chi connectivity index (χ4n) is 3.69. The molecular formula is C22H22N4O2. The minimum Gasteiger partial charge on any atom is -0.297 e. The summed E-state index contributed by atoms with van der Waals surface area (Å²) in [5.74, 6) is 0.237. The summed E-state index contributed by atoms with van der Waals surface area (Å²) >= 11 is 0. The number of fused-ring (bicyclic) bond motifs is 2. The van der Waals surface area contributed by atoms with Crippen molar-refractivity contribution >= 4 is 22.9 Å². The van der Waals surface area contributed by atoms with Crippen molar-refractivity contribution in [2.45, 2.75) is 50.6 Å². The predicted molar refractivity (Wildman–Crippen MR) is 105 cm³/mol. The number of hydrogen-bond donors (Lipinski definition) is 0. The summed E-state index contributed by atoms with van der Waals surface area (Å²) < 4.78 is 0. The molecule has 0 amide bonds. The van der Waals surface area contributed by atoms with Gasteiger partial charge in [0.25, 0.3) is 0 Å². The molecule has 0 bridgehead atoms. The zero-order valence-electron chi connectivity index (χ0n) is 15.6. The Morgan fingerprint density at radius 3 is 1.54 bits per heavy atom. The Bertz CT molecular complexity index is 874. The molecule has 2 aliphatic rings. The van der Waals surface area contributed by atoms with Crippen LogP contribution in [0.1, 0.15) is 61.7 Å². The van der Waals surface area contributed by atoms with Gasteiger partial charge in [-0.25, -0.2) is 0 Å². The highest BCUT2D eigenvalue weighted by Gasteiger charge is 2.27. The Balaban J connectivity index is 1.15. The summed E-state index contributed by atoms with van der Waals surface area (Å²) in [5, 5.41) is 16.4. The predicted octanol–water partition coefficient (Wildman–Crippen LogP) is 6.14. The number of Topliss-reactive ketones (excluding diaryl/α,β-unsaturated/α-hetero) is 2. The third-order valence-electron chi connectivity index (χ3n) is 5.23. The van der Waals surface area contributed by atoms with Gasteiger partial charge in [-0.2, -0.15) is 20.5 Å². The monoisotopic (exact) mass is 374 g/mol. The van der Waals surface area contributed by atoms with Crippen LogP contribution < -0.4 is 0 Å². The van der Waals surface area contributed by atoms with Crippen LogP contribution in [0.2, 0.25) is 0 Å². The van der Waals surface area contributed by atoms with Crippen LogP contribution in [-0.2, 0) is 9.59 Å². The van der Waals surface area contributed by atoms with Crippen LogP contribution in [0, 0.1) is 0 Å². The number of azo groups is 2.